The summed E-state index contributed by atoms with van der Waals surface area (Å²) in [6, 6.07) is 3.60. The van der Waals surface area contributed by atoms with E-state index in [9.17, 15) is 0 Å². The van der Waals surface area contributed by atoms with Crippen molar-refractivity contribution in [2.45, 2.75) is 6.54 Å². The number of nitrogen functional groups attached to an aromatic ring is 1. The number of nitrogens with one attached hydrogen (secondary N) is 2. The number of rotatable bonds is 4. The van der Waals surface area contributed by atoms with Gasteiger partial charge in [0, 0.05) is 18.0 Å². The Labute approximate surface area is 85.7 Å². The van der Waals surface area contributed by atoms with Crippen molar-refractivity contribution in [3.8, 4) is 0 Å². The lowest BCUT2D eigenvalue weighted by Crippen LogP contribution is -2.09. The monoisotopic (exact) mass is 206 g/mol. The maximum absolute atomic E-state index is 5.23. The zero-order valence-electron chi connectivity index (χ0n) is 7.84. The molecule has 0 atom stereocenters. The maximum Gasteiger partial charge on any atom is 0.213 e. The third-order valence-corrected chi connectivity index (χ3v) is 1.77. The summed E-state index contributed by atoms with van der Waals surface area (Å²) in [4.78, 5) is 7.85. The van der Waals surface area contributed by atoms with Crippen molar-refractivity contribution < 1.29 is 4.52 Å². The van der Waals surface area contributed by atoms with E-state index in [0.717, 1.165) is 5.69 Å². The van der Waals surface area contributed by atoms with Crippen LogP contribution in [0.1, 0.15) is 5.82 Å². The molecule has 0 amide bonds. The molecule has 0 radical (unpaired) electrons. The fourth-order valence-electron chi connectivity index (χ4n) is 1.07. The van der Waals surface area contributed by atoms with Crippen LogP contribution in [0.15, 0.2) is 29.2 Å². The number of aromatic nitrogens is 3. The van der Waals surface area contributed by atoms with Gasteiger partial charge in [-0.2, -0.15) is 4.98 Å². The van der Waals surface area contributed by atoms with Crippen LogP contribution in [-0.2, 0) is 6.54 Å². The Kier molecular flexibility index (Phi) is 2.75. The van der Waals surface area contributed by atoms with Crippen LogP contribution in [0.2, 0.25) is 0 Å². The molecule has 4 N–H and O–H groups in total. The number of hydrazine groups is 1. The van der Waals surface area contributed by atoms with Gasteiger partial charge in [-0.3, -0.25) is 0 Å². The lowest BCUT2D eigenvalue weighted by molar-refractivity contribution is 0.411. The Morgan fingerprint density at radius 2 is 2.33 bits per heavy atom. The zero-order valence-corrected chi connectivity index (χ0v) is 7.84. The van der Waals surface area contributed by atoms with Crippen LogP contribution in [0.25, 0.3) is 0 Å². The second kappa shape index (κ2) is 4.38. The molecule has 0 bridgehead atoms. The summed E-state index contributed by atoms with van der Waals surface area (Å²) in [6.07, 6.45) is 2.93. The van der Waals surface area contributed by atoms with E-state index in [2.05, 4.69) is 30.4 Å². The molecule has 0 aromatic carbocycles. The van der Waals surface area contributed by atoms with E-state index in [1.165, 1.54) is 6.39 Å². The van der Waals surface area contributed by atoms with Gasteiger partial charge in [-0.25, -0.2) is 10.8 Å². The van der Waals surface area contributed by atoms with Crippen molar-refractivity contribution in [1.82, 2.24) is 15.1 Å². The lowest BCUT2D eigenvalue weighted by atomic mass is 10.4. The fraction of sp³-hybridized carbons (Fsp3) is 0.125. The first-order chi connectivity index (χ1) is 7.38. The maximum atomic E-state index is 5.23. The van der Waals surface area contributed by atoms with E-state index >= 15 is 0 Å². The van der Waals surface area contributed by atoms with Gasteiger partial charge in [-0.15, -0.1) is 0 Å². The first-order valence-corrected chi connectivity index (χ1v) is 4.30. The summed E-state index contributed by atoms with van der Waals surface area (Å²) in [5, 5.41) is 6.77. The van der Waals surface area contributed by atoms with E-state index in [1.54, 1.807) is 12.3 Å². The highest BCUT2D eigenvalue weighted by atomic mass is 16.5. The normalized spacial score (nSPS) is 9.93. The molecule has 0 saturated carbocycles. The summed E-state index contributed by atoms with van der Waals surface area (Å²) in [7, 11) is 0. The van der Waals surface area contributed by atoms with Gasteiger partial charge in [0.25, 0.3) is 0 Å². The number of pyridine rings is 1. The second-order valence-corrected chi connectivity index (χ2v) is 2.78. The Morgan fingerprint density at radius 3 is 3.07 bits per heavy atom. The summed E-state index contributed by atoms with van der Waals surface area (Å²) >= 11 is 0. The summed E-state index contributed by atoms with van der Waals surface area (Å²) in [5.74, 6) is 6.41. The van der Waals surface area contributed by atoms with E-state index < -0.39 is 0 Å². The van der Waals surface area contributed by atoms with Crippen LogP contribution in [0.5, 0.6) is 0 Å². The van der Waals surface area contributed by atoms with Gasteiger partial charge < -0.3 is 15.3 Å². The first-order valence-electron chi connectivity index (χ1n) is 4.30. The Morgan fingerprint density at radius 1 is 1.40 bits per heavy atom. The average Bonchev–Trinajstić information content (AvgIpc) is 2.79. The van der Waals surface area contributed by atoms with E-state index in [4.69, 9.17) is 5.84 Å². The minimum absolute atomic E-state index is 0.491. The van der Waals surface area contributed by atoms with Crippen molar-refractivity contribution in [2.75, 3.05) is 10.7 Å². The lowest BCUT2D eigenvalue weighted by Gasteiger charge is -2.04. The molecule has 2 rings (SSSR count). The quantitative estimate of drug-likeness (QED) is 0.490. The highest BCUT2D eigenvalue weighted by Gasteiger charge is 1.99. The van der Waals surface area contributed by atoms with Gasteiger partial charge in [0.2, 0.25) is 6.39 Å². The molecule has 78 valence electrons. The average molecular weight is 206 g/mol. The molecule has 2 aromatic rings. The Hall–Kier alpha value is -2.15. The molecular formula is C8H10N6O. The van der Waals surface area contributed by atoms with Crippen LogP contribution >= 0.6 is 0 Å². The molecular weight excluding hydrogens is 196 g/mol. The largest absolute Gasteiger partial charge is 0.377 e. The summed E-state index contributed by atoms with van der Waals surface area (Å²) in [6.45, 7) is 0.491. The van der Waals surface area contributed by atoms with Gasteiger partial charge in [-0.1, -0.05) is 5.16 Å². The molecule has 0 aliphatic carbocycles. The van der Waals surface area contributed by atoms with Gasteiger partial charge in [-0.05, 0) is 6.07 Å². The Balaban J connectivity index is 1.98. The standard InChI is InChI=1S/C8H10N6O/c9-13-7-3-6(1-2-10-7)11-4-8-12-5-15-14-8/h1-3,5H,4,9H2,(H2,10,11,13). The highest BCUT2D eigenvalue weighted by molar-refractivity contribution is 5.51. The smallest absolute Gasteiger partial charge is 0.213 e. The molecule has 7 nitrogen and oxygen atoms in total. The molecule has 0 unspecified atom stereocenters. The molecule has 7 heteroatoms. The number of nitrogens with zero attached hydrogens (tertiary/aromatic N) is 3. The molecule has 0 aliphatic rings. The van der Waals surface area contributed by atoms with E-state index in [0.29, 0.717) is 18.2 Å². The molecule has 0 fully saturated rings. The zero-order chi connectivity index (χ0) is 10.5. The van der Waals surface area contributed by atoms with Crippen molar-refractivity contribution in [2.24, 2.45) is 5.84 Å². The van der Waals surface area contributed by atoms with Crippen LogP contribution in [0.3, 0.4) is 0 Å². The Bertz CT molecular complexity index is 415. The van der Waals surface area contributed by atoms with Crippen LogP contribution in [0.4, 0.5) is 11.5 Å². The van der Waals surface area contributed by atoms with Crippen molar-refractivity contribution >= 4 is 11.5 Å². The van der Waals surface area contributed by atoms with Crippen molar-refractivity contribution in [1.29, 1.82) is 0 Å². The number of anilines is 2. The van der Waals surface area contributed by atoms with Crippen LogP contribution in [0, 0.1) is 0 Å². The molecule has 2 heterocycles. The third kappa shape index (κ3) is 2.41. The van der Waals surface area contributed by atoms with Crippen LogP contribution < -0.4 is 16.6 Å². The second-order valence-electron chi connectivity index (χ2n) is 2.78. The first kappa shape index (κ1) is 9.41. The minimum atomic E-state index is 0.491. The number of hydrogen-bond acceptors (Lipinski definition) is 7. The van der Waals surface area contributed by atoms with E-state index in [1.807, 2.05) is 6.07 Å². The van der Waals surface area contributed by atoms with Gasteiger partial charge in [0.15, 0.2) is 5.82 Å². The molecule has 0 saturated heterocycles. The summed E-state index contributed by atoms with van der Waals surface area (Å²) < 4.78 is 4.60. The molecule has 2 aromatic heterocycles. The topological polar surface area (TPSA) is 102 Å². The predicted molar refractivity (Wildman–Crippen MR) is 53.7 cm³/mol. The minimum Gasteiger partial charge on any atom is -0.377 e. The molecule has 0 aliphatic heterocycles. The van der Waals surface area contributed by atoms with Gasteiger partial charge >= 0.3 is 0 Å². The van der Waals surface area contributed by atoms with E-state index in [-0.39, 0.29) is 0 Å². The number of hydrogen-bond donors (Lipinski definition) is 3. The molecule has 0 spiro atoms. The van der Waals surface area contributed by atoms with Crippen LogP contribution in [-0.4, -0.2) is 15.1 Å². The van der Waals surface area contributed by atoms with Crippen molar-refractivity contribution in [3.63, 3.8) is 0 Å². The predicted octanol–water partition coefficient (Wildman–Crippen LogP) is 0.362. The highest BCUT2D eigenvalue weighted by Crippen LogP contribution is 2.11. The van der Waals surface area contributed by atoms with Crippen molar-refractivity contribution in [3.05, 3.63) is 30.5 Å². The summed E-state index contributed by atoms with van der Waals surface area (Å²) in [5.41, 5.74) is 3.34. The fourth-order valence-corrected chi connectivity index (χ4v) is 1.07. The van der Waals surface area contributed by atoms with Gasteiger partial charge in [0.1, 0.15) is 5.82 Å². The molecule has 15 heavy (non-hydrogen) atoms. The number of nitrogens with two attached hydrogens (primary N) is 1. The SMILES string of the molecule is NNc1cc(NCc2ncon2)ccn1. The third-order valence-electron chi connectivity index (χ3n) is 1.77. The van der Waals surface area contributed by atoms with Gasteiger partial charge in [0.05, 0.1) is 6.54 Å².